The summed E-state index contributed by atoms with van der Waals surface area (Å²) in [4.78, 5) is 10.8. The molecular formula is C15H13ClO3. The average Bonchev–Trinajstić information content (AvgIpc) is 2.40. The molecule has 2 rings (SSSR count). The second-order valence-electron chi connectivity index (χ2n) is 4.08. The Bertz CT molecular complexity index is 608. The number of carboxylic acids is 1. The average molecular weight is 277 g/mol. The van der Waals surface area contributed by atoms with Crippen LogP contribution in [0.2, 0.25) is 5.02 Å². The van der Waals surface area contributed by atoms with Crippen molar-refractivity contribution in [2.45, 2.75) is 6.42 Å². The van der Waals surface area contributed by atoms with E-state index in [0.717, 1.165) is 11.1 Å². The second kappa shape index (κ2) is 5.76. The molecule has 19 heavy (non-hydrogen) atoms. The predicted molar refractivity (Wildman–Crippen MR) is 74.8 cm³/mol. The molecular weight excluding hydrogens is 264 g/mol. The topological polar surface area (TPSA) is 46.5 Å². The van der Waals surface area contributed by atoms with Gasteiger partial charge in [0, 0.05) is 16.1 Å². The van der Waals surface area contributed by atoms with Crippen LogP contribution in [0.25, 0.3) is 11.1 Å². The van der Waals surface area contributed by atoms with Gasteiger partial charge in [0.05, 0.1) is 13.5 Å². The van der Waals surface area contributed by atoms with Crippen molar-refractivity contribution in [3.8, 4) is 16.9 Å². The van der Waals surface area contributed by atoms with Crippen LogP contribution in [-0.2, 0) is 11.2 Å². The third-order valence-electron chi connectivity index (χ3n) is 2.78. The number of rotatable bonds is 4. The fourth-order valence-corrected chi connectivity index (χ4v) is 2.15. The van der Waals surface area contributed by atoms with Gasteiger partial charge in [0.25, 0.3) is 0 Å². The third-order valence-corrected chi connectivity index (χ3v) is 3.11. The van der Waals surface area contributed by atoms with E-state index in [9.17, 15) is 4.79 Å². The molecule has 0 heterocycles. The number of benzene rings is 2. The van der Waals surface area contributed by atoms with E-state index in [1.807, 2.05) is 24.3 Å². The number of carboxylic acid groups (broad SMARTS) is 1. The van der Waals surface area contributed by atoms with Gasteiger partial charge >= 0.3 is 5.97 Å². The van der Waals surface area contributed by atoms with Crippen LogP contribution in [-0.4, -0.2) is 18.2 Å². The standard InChI is InChI=1S/C15H13ClO3/c1-19-14-5-3-2-4-11(14)12-8-10(9-15(17)18)6-7-13(12)16/h2-8H,9H2,1H3,(H,17,18). The summed E-state index contributed by atoms with van der Waals surface area (Å²) in [5, 5.41) is 9.41. The number of carbonyl (C=O) groups is 1. The van der Waals surface area contributed by atoms with E-state index in [4.69, 9.17) is 21.4 Å². The van der Waals surface area contributed by atoms with Crippen LogP contribution in [0.4, 0.5) is 0 Å². The van der Waals surface area contributed by atoms with Crippen molar-refractivity contribution < 1.29 is 14.6 Å². The Kier molecular flexibility index (Phi) is 4.07. The molecule has 3 nitrogen and oxygen atoms in total. The highest BCUT2D eigenvalue weighted by molar-refractivity contribution is 6.33. The zero-order chi connectivity index (χ0) is 13.8. The van der Waals surface area contributed by atoms with Crippen LogP contribution in [0.3, 0.4) is 0 Å². The maximum Gasteiger partial charge on any atom is 0.307 e. The van der Waals surface area contributed by atoms with Crippen molar-refractivity contribution in [3.63, 3.8) is 0 Å². The van der Waals surface area contributed by atoms with Gasteiger partial charge in [0.15, 0.2) is 0 Å². The maximum atomic E-state index is 10.8. The van der Waals surface area contributed by atoms with Crippen LogP contribution in [0.1, 0.15) is 5.56 Å². The first kappa shape index (κ1) is 13.4. The van der Waals surface area contributed by atoms with Gasteiger partial charge in [-0.3, -0.25) is 4.79 Å². The number of methoxy groups -OCH3 is 1. The Hall–Kier alpha value is -2.00. The van der Waals surface area contributed by atoms with Gasteiger partial charge in [0.2, 0.25) is 0 Å². The van der Waals surface area contributed by atoms with Crippen LogP contribution in [0.15, 0.2) is 42.5 Å². The number of hydrogen-bond donors (Lipinski definition) is 1. The summed E-state index contributed by atoms with van der Waals surface area (Å²) in [7, 11) is 1.59. The largest absolute Gasteiger partial charge is 0.496 e. The molecule has 1 N–H and O–H groups in total. The smallest absolute Gasteiger partial charge is 0.307 e. The van der Waals surface area contributed by atoms with Crippen molar-refractivity contribution in [3.05, 3.63) is 53.1 Å². The van der Waals surface area contributed by atoms with Gasteiger partial charge < -0.3 is 9.84 Å². The molecule has 4 heteroatoms. The molecule has 0 bridgehead atoms. The van der Waals surface area contributed by atoms with Gasteiger partial charge in [-0.1, -0.05) is 35.9 Å². The van der Waals surface area contributed by atoms with Gasteiger partial charge in [0.1, 0.15) is 5.75 Å². The van der Waals surface area contributed by atoms with Gasteiger partial charge in [-0.05, 0) is 23.8 Å². The SMILES string of the molecule is COc1ccccc1-c1cc(CC(=O)O)ccc1Cl. The maximum absolute atomic E-state index is 10.8. The first-order valence-corrected chi connectivity index (χ1v) is 6.13. The van der Waals surface area contributed by atoms with Crippen LogP contribution >= 0.6 is 11.6 Å². The van der Waals surface area contributed by atoms with E-state index >= 15 is 0 Å². The molecule has 2 aromatic carbocycles. The Morgan fingerprint density at radius 1 is 1.21 bits per heavy atom. The van der Waals surface area contributed by atoms with Crippen molar-refractivity contribution in [2.24, 2.45) is 0 Å². The van der Waals surface area contributed by atoms with Crippen LogP contribution < -0.4 is 4.74 Å². The molecule has 0 spiro atoms. The van der Waals surface area contributed by atoms with E-state index in [1.54, 1.807) is 25.3 Å². The normalized spacial score (nSPS) is 10.2. The molecule has 0 aliphatic carbocycles. The molecule has 0 unspecified atom stereocenters. The Labute approximate surface area is 116 Å². The fourth-order valence-electron chi connectivity index (χ4n) is 1.93. The van der Waals surface area contributed by atoms with Crippen molar-refractivity contribution in [2.75, 3.05) is 7.11 Å². The monoisotopic (exact) mass is 276 g/mol. The van der Waals surface area contributed by atoms with Gasteiger partial charge in [-0.15, -0.1) is 0 Å². The minimum absolute atomic E-state index is 0.0285. The molecule has 0 radical (unpaired) electrons. The molecule has 0 fully saturated rings. The summed E-state index contributed by atoms with van der Waals surface area (Å²) in [6.45, 7) is 0. The second-order valence-corrected chi connectivity index (χ2v) is 4.49. The predicted octanol–water partition coefficient (Wildman–Crippen LogP) is 3.64. The minimum atomic E-state index is -0.867. The fraction of sp³-hybridized carbons (Fsp3) is 0.133. The summed E-state index contributed by atoms with van der Waals surface area (Å²) in [5.74, 6) is -0.162. The minimum Gasteiger partial charge on any atom is -0.496 e. The molecule has 98 valence electrons. The molecule has 0 atom stereocenters. The molecule has 0 aliphatic rings. The lowest BCUT2D eigenvalue weighted by Gasteiger charge is -2.11. The molecule has 2 aromatic rings. The molecule has 0 aliphatic heterocycles. The Balaban J connectivity index is 2.51. The highest BCUT2D eigenvalue weighted by Crippen LogP contribution is 2.35. The van der Waals surface area contributed by atoms with E-state index in [0.29, 0.717) is 16.3 Å². The number of para-hydroxylation sites is 1. The van der Waals surface area contributed by atoms with Gasteiger partial charge in [-0.2, -0.15) is 0 Å². The molecule has 0 saturated heterocycles. The van der Waals surface area contributed by atoms with E-state index in [-0.39, 0.29) is 6.42 Å². The van der Waals surface area contributed by atoms with Crippen LogP contribution in [0.5, 0.6) is 5.75 Å². The molecule has 0 amide bonds. The summed E-state index contributed by atoms with van der Waals surface area (Å²) in [6.07, 6.45) is -0.0285. The zero-order valence-corrected chi connectivity index (χ0v) is 11.1. The quantitative estimate of drug-likeness (QED) is 0.927. The number of aliphatic carboxylic acids is 1. The highest BCUT2D eigenvalue weighted by atomic mass is 35.5. The van der Waals surface area contributed by atoms with Crippen LogP contribution in [0, 0.1) is 0 Å². The van der Waals surface area contributed by atoms with E-state index in [1.165, 1.54) is 0 Å². The summed E-state index contributed by atoms with van der Waals surface area (Å²) in [6, 6.07) is 12.7. The van der Waals surface area contributed by atoms with E-state index < -0.39 is 5.97 Å². The first-order chi connectivity index (χ1) is 9.11. The van der Waals surface area contributed by atoms with Crippen molar-refractivity contribution >= 4 is 17.6 Å². The summed E-state index contributed by atoms with van der Waals surface area (Å²) < 4.78 is 5.30. The first-order valence-electron chi connectivity index (χ1n) is 5.75. The Morgan fingerprint density at radius 3 is 2.63 bits per heavy atom. The lowest BCUT2D eigenvalue weighted by Crippen LogP contribution is -2.00. The van der Waals surface area contributed by atoms with Gasteiger partial charge in [-0.25, -0.2) is 0 Å². The molecule has 0 saturated carbocycles. The molecule has 0 aromatic heterocycles. The van der Waals surface area contributed by atoms with Crippen molar-refractivity contribution in [1.29, 1.82) is 0 Å². The highest BCUT2D eigenvalue weighted by Gasteiger charge is 2.11. The van der Waals surface area contributed by atoms with Crippen molar-refractivity contribution in [1.82, 2.24) is 0 Å². The summed E-state index contributed by atoms with van der Waals surface area (Å²) in [5.41, 5.74) is 2.33. The lowest BCUT2D eigenvalue weighted by atomic mass is 10.0. The summed E-state index contributed by atoms with van der Waals surface area (Å²) >= 11 is 6.19. The van der Waals surface area contributed by atoms with E-state index in [2.05, 4.69) is 0 Å². The number of halogens is 1. The third kappa shape index (κ3) is 3.06. The number of hydrogen-bond acceptors (Lipinski definition) is 2. The lowest BCUT2D eigenvalue weighted by molar-refractivity contribution is -0.136. The number of ether oxygens (including phenoxy) is 1. The zero-order valence-electron chi connectivity index (χ0n) is 10.4. The Morgan fingerprint density at radius 2 is 1.95 bits per heavy atom.